The van der Waals surface area contributed by atoms with Crippen LogP contribution in [-0.4, -0.2) is 88.6 Å². The Morgan fingerprint density at radius 2 is 1.78 bits per heavy atom. The van der Waals surface area contributed by atoms with Gasteiger partial charge in [-0.25, -0.2) is 0 Å². The van der Waals surface area contributed by atoms with E-state index in [0.29, 0.717) is 31.2 Å². The first kappa shape index (κ1) is 37.0. The third-order valence-electron chi connectivity index (χ3n) is 11.0. The third kappa shape index (κ3) is 6.39. The summed E-state index contributed by atoms with van der Waals surface area (Å²) in [4.78, 5) is 61.8. The van der Waals surface area contributed by atoms with Gasteiger partial charge < -0.3 is 29.3 Å². The molecule has 8 atom stereocenters. The number of para-hydroxylation sites is 1. The Hall–Kier alpha value is -4.28. The van der Waals surface area contributed by atoms with Crippen molar-refractivity contribution in [2.45, 2.75) is 95.7 Å². The lowest BCUT2D eigenvalue weighted by molar-refractivity contribution is -0.165. The molecule has 1 spiro atoms. The molecule has 0 aliphatic carbocycles. The van der Waals surface area contributed by atoms with Crippen LogP contribution >= 0.6 is 0 Å². The van der Waals surface area contributed by atoms with E-state index in [0.717, 1.165) is 16.8 Å². The summed E-state index contributed by atoms with van der Waals surface area (Å²) in [5, 5.41) is 10.5. The second-order valence-electron chi connectivity index (χ2n) is 13.9. The van der Waals surface area contributed by atoms with E-state index < -0.39 is 59.6 Å². The second-order valence-corrected chi connectivity index (χ2v) is 13.9. The second kappa shape index (κ2) is 15.3. The summed E-state index contributed by atoms with van der Waals surface area (Å²) in [6.07, 6.45) is 3.96. The molecule has 5 rings (SSSR count). The molecule has 2 aromatic rings. The van der Waals surface area contributed by atoms with Gasteiger partial charge in [0, 0.05) is 25.7 Å². The summed E-state index contributed by atoms with van der Waals surface area (Å²) in [5.74, 6) is -3.40. The van der Waals surface area contributed by atoms with Crippen LogP contribution in [0.2, 0.25) is 0 Å². The lowest BCUT2D eigenvalue weighted by Crippen LogP contribution is -2.59. The number of likely N-dealkylation sites (tertiary alicyclic amines) is 1. The predicted octanol–water partition coefficient (Wildman–Crippen LogP) is 5.07. The monoisotopic (exact) mass is 685 g/mol. The van der Waals surface area contributed by atoms with Gasteiger partial charge in [0.1, 0.15) is 17.7 Å². The minimum Gasteiger partial charge on any atom is -0.455 e. The number of esters is 1. The van der Waals surface area contributed by atoms with Gasteiger partial charge in [-0.3, -0.25) is 19.2 Å². The number of rotatable bonds is 15. The SMILES string of the molecule is C=CCCC(=O)N(C)[C@@H](C)[C@@H](OC(=O)[C@@H]1[C@H]2C(=O)N([C@@H](CC)CO)[C@H](C(=O)N(CC=C)c3c(C)cccc3C)[C@]23CC[C@H]1O3)c1ccccc1. The summed E-state index contributed by atoms with van der Waals surface area (Å²) in [7, 11) is 1.69. The Labute approximate surface area is 295 Å². The summed E-state index contributed by atoms with van der Waals surface area (Å²) in [6.45, 7) is 15.0. The van der Waals surface area contributed by atoms with Crippen LogP contribution in [0.5, 0.6) is 0 Å². The van der Waals surface area contributed by atoms with E-state index in [-0.39, 0.29) is 31.4 Å². The summed E-state index contributed by atoms with van der Waals surface area (Å²) < 4.78 is 13.0. The highest BCUT2D eigenvalue weighted by molar-refractivity contribution is 6.05. The smallest absolute Gasteiger partial charge is 0.313 e. The highest BCUT2D eigenvalue weighted by Gasteiger charge is 2.75. The van der Waals surface area contributed by atoms with Crippen molar-refractivity contribution >= 4 is 29.4 Å². The standard InChI is InChI=1S/C40H51N3O7/c1-8-11-20-31(45)41(7)27(6)35(28-18-13-12-14-19-28)49-39(48)32-30-21-22-40(50-30)33(32)37(46)43(29(10-3)24-44)36(40)38(47)42(23-9-2)34-25(4)16-15-17-26(34)5/h8-9,12-19,27,29-30,32-33,35-36,44H,1-2,10-11,20-24H2,3-7H3/t27-,29-,30+,32-,33-,35+,36+,40-/m0/s1. The summed E-state index contributed by atoms with van der Waals surface area (Å²) in [6, 6.07) is 12.8. The molecule has 3 aliphatic heterocycles. The molecule has 3 heterocycles. The molecule has 0 unspecified atom stereocenters. The molecule has 3 aliphatic rings. The number of allylic oxidation sites excluding steroid dienone is 1. The zero-order valence-corrected chi connectivity index (χ0v) is 29.9. The van der Waals surface area contributed by atoms with Gasteiger partial charge in [-0.05, 0) is 63.1 Å². The molecular weight excluding hydrogens is 634 g/mol. The average molecular weight is 686 g/mol. The number of fused-ring (bicyclic) bond motifs is 1. The van der Waals surface area contributed by atoms with E-state index in [1.54, 1.807) is 29.0 Å². The number of hydrogen-bond donors (Lipinski definition) is 1. The zero-order chi connectivity index (χ0) is 36.3. The van der Waals surface area contributed by atoms with Gasteiger partial charge in [0.2, 0.25) is 11.8 Å². The maximum atomic E-state index is 15.0. The molecular formula is C40H51N3O7. The summed E-state index contributed by atoms with van der Waals surface area (Å²) >= 11 is 0. The molecule has 1 N–H and O–H groups in total. The van der Waals surface area contributed by atoms with Crippen LogP contribution in [-0.2, 0) is 28.7 Å². The number of carbonyl (C=O) groups excluding carboxylic acids is 4. The molecule has 3 fully saturated rings. The quantitative estimate of drug-likeness (QED) is 0.206. The van der Waals surface area contributed by atoms with Gasteiger partial charge in [-0.1, -0.05) is 67.6 Å². The van der Waals surface area contributed by atoms with Crippen molar-refractivity contribution in [3.8, 4) is 0 Å². The fourth-order valence-corrected chi connectivity index (χ4v) is 8.37. The molecule has 2 bridgehead atoms. The van der Waals surface area contributed by atoms with Crippen LogP contribution in [0.25, 0.3) is 0 Å². The predicted molar refractivity (Wildman–Crippen MR) is 191 cm³/mol. The number of nitrogens with zero attached hydrogens (tertiary/aromatic N) is 3. The first-order valence-electron chi connectivity index (χ1n) is 17.7. The Morgan fingerprint density at radius 1 is 1.10 bits per heavy atom. The fourth-order valence-electron chi connectivity index (χ4n) is 8.37. The molecule has 10 nitrogen and oxygen atoms in total. The van der Waals surface area contributed by atoms with Crippen LogP contribution in [0.15, 0.2) is 73.8 Å². The van der Waals surface area contributed by atoms with Crippen LogP contribution in [0, 0.1) is 25.7 Å². The number of aliphatic hydroxyl groups is 1. The van der Waals surface area contributed by atoms with Gasteiger partial charge >= 0.3 is 5.97 Å². The third-order valence-corrected chi connectivity index (χ3v) is 11.0. The van der Waals surface area contributed by atoms with E-state index in [2.05, 4.69) is 13.2 Å². The van der Waals surface area contributed by atoms with E-state index in [4.69, 9.17) is 9.47 Å². The van der Waals surface area contributed by atoms with Crippen LogP contribution in [0.4, 0.5) is 5.69 Å². The lowest BCUT2D eigenvalue weighted by Gasteiger charge is -2.39. The molecule has 10 heteroatoms. The van der Waals surface area contributed by atoms with Crippen molar-refractivity contribution < 1.29 is 33.8 Å². The summed E-state index contributed by atoms with van der Waals surface area (Å²) in [5.41, 5.74) is 1.95. The minimum atomic E-state index is -1.29. The van der Waals surface area contributed by atoms with Gasteiger partial charge in [0.15, 0.2) is 0 Å². The molecule has 3 saturated heterocycles. The lowest BCUT2D eigenvalue weighted by atomic mass is 9.70. The van der Waals surface area contributed by atoms with Gasteiger partial charge in [-0.2, -0.15) is 0 Å². The zero-order valence-electron chi connectivity index (χ0n) is 29.9. The van der Waals surface area contributed by atoms with E-state index in [9.17, 15) is 24.3 Å². The van der Waals surface area contributed by atoms with E-state index in [1.807, 2.05) is 76.2 Å². The maximum absolute atomic E-state index is 15.0. The van der Waals surface area contributed by atoms with Crippen LogP contribution < -0.4 is 4.90 Å². The maximum Gasteiger partial charge on any atom is 0.313 e. The van der Waals surface area contributed by atoms with Gasteiger partial charge in [0.05, 0.1) is 36.6 Å². The van der Waals surface area contributed by atoms with Crippen molar-refractivity contribution in [3.05, 3.63) is 90.5 Å². The molecule has 268 valence electrons. The van der Waals surface area contributed by atoms with E-state index in [1.165, 1.54) is 4.90 Å². The minimum absolute atomic E-state index is 0.109. The first-order chi connectivity index (χ1) is 24.0. The number of carbonyl (C=O) groups is 4. The Kier molecular flexibility index (Phi) is 11.3. The highest BCUT2D eigenvalue weighted by Crippen LogP contribution is 2.59. The highest BCUT2D eigenvalue weighted by atomic mass is 16.6. The van der Waals surface area contributed by atoms with E-state index >= 15 is 0 Å². The van der Waals surface area contributed by atoms with Crippen molar-refractivity contribution in [3.63, 3.8) is 0 Å². The van der Waals surface area contributed by atoms with Crippen molar-refractivity contribution in [1.29, 1.82) is 0 Å². The largest absolute Gasteiger partial charge is 0.455 e. The van der Waals surface area contributed by atoms with Gasteiger partial charge in [0.25, 0.3) is 5.91 Å². The van der Waals surface area contributed by atoms with Gasteiger partial charge in [-0.15, -0.1) is 13.2 Å². The van der Waals surface area contributed by atoms with Crippen molar-refractivity contribution in [2.75, 3.05) is 25.1 Å². The molecule has 0 radical (unpaired) electrons. The number of aliphatic hydroxyl groups excluding tert-OH is 1. The topological polar surface area (TPSA) is 117 Å². The average Bonchev–Trinajstić information content (AvgIpc) is 3.76. The number of ether oxygens (including phenoxy) is 2. The van der Waals surface area contributed by atoms with Crippen LogP contribution in [0.1, 0.15) is 68.7 Å². The molecule has 2 aromatic carbocycles. The van der Waals surface area contributed by atoms with Crippen molar-refractivity contribution in [1.82, 2.24) is 9.80 Å². The Morgan fingerprint density at radius 3 is 2.38 bits per heavy atom. The number of hydrogen-bond acceptors (Lipinski definition) is 7. The number of likely N-dealkylation sites (N-methyl/N-ethyl adjacent to an activating group) is 1. The molecule has 3 amide bonds. The number of amides is 3. The van der Waals surface area contributed by atoms with Crippen LogP contribution in [0.3, 0.4) is 0 Å². The molecule has 0 saturated carbocycles. The Balaban J connectivity index is 1.53. The number of anilines is 1. The molecule has 0 aromatic heterocycles. The normalized spacial score (nSPS) is 25.4. The number of aryl methyl sites for hydroxylation is 2. The fraction of sp³-hybridized carbons (Fsp3) is 0.500. The number of benzene rings is 2. The Bertz CT molecular complexity index is 1590. The first-order valence-corrected chi connectivity index (χ1v) is 17.7. The molecule has 50 heavy (non-hydrogen) atoms. The van der Waals surface area contributed by atoms with Crippen molar-refractivity contribution in [2.24, 2.45) is 11.8 Å².